The van der Waals surface area contributed by atoms with E-state index in [1.807, 2.05) is 0 Å². The number of phenolic OH excluding ortho intramolecular Hbond substituents is 1. The lowest BCUT2D eigenvalue weighted by molar-refractivity contribution is 0.0602. The molecule has 0 aliphatic carbocycles. The highest BCUT2D eigenvalue weighted by Crippen LogP contribution is 2.25. The second-order valence-electron chi connectivity index (χ2n) is 4.61. The maximum atomic E-state index is 11.7. The van der Waals surface area contributed by atoms with Crippen LogP contribution in [0.25, 0.3) is 5.65 Å². The van der Waals surface area contributed by atoms with Crippen LogP contribution < -0.4 is 4.74 Å². The van der Waals surface area contributed by atoms with E-state index in [2.05, 4.69) is 4.98 Å². The lowest BCUT2D eigenvalue weighted by atomic mass is 10.3. The van der Waals surface area contributed by atoms with Gasteiger partial charge in [-0.05, 0) is 24.3 Å². The van der Waals surface area contributed by atoms with Crippen LogP contribution in [0.4, 0.5) is 0 Å². The maximum absolute atomic E-state index is 11.7. The molecule has 0 saturated heterocycles. The molecule has 0 bridgehead atoms. The second-order valence-corrected chi connectivity index (χ2v) is 4.61. The van der Waals surface area contributed by atoms with Gasteiger partial charge in [0.1, 0.15) is 12.2 Å². The van der Waals surface area contributed by atoms with Gasteiger partial charge in [-0.2, -0.15) is 0 Å². The molecular weight excluding hydrogens is 284 g/mol. The number of nitrogens with zero attached hydrogens (tertiary/aromatic N) is 2. The highest BCUT2D eigenvalue weighted by atomic mass is 16.5. The molecule has 0 spiro atoms. The standard InChI is InChI=1S/C16H14N2O4/c1-21-16(20)12-5-4-8-18-11(9-17-15(12)18)10-22-14-7-3-2-6-13(14)19/h2-9,19H,10H2,1H3. The zero-order valence-electron chi connectivity index (χ0n) is 11.9. The minimum atomic E-state index is -0.440. The molecule has 22 heavy (non-hydrogen) atoms. The Morgan fingerprint density at radius 3 is 2.86 bits per heavy atom. The number of hydrogen-bond acceptors (Lipinski definition) is 5. The molecule has 3 rings (SSSR count). The van der Waals surface area contributed by atoms with Crippen molar-refractivity contribution in [1.82, 2.24) is 9.38 Å². The number of aromatic nitrogens is 2. The number of phenols is 1. The summed E-state index contributed by atoms with van der Waals surface area (Å²) in [5.74, 6) is 0.0255. The van der Waals surface area contributed by atoms with E-state index in [0.29, 0.717) is 17.0 Å². The van der Waals surface area contributed by atoms with Crippen molar-refractivity contribution in [2.24, 2.45) is 0 Å². The van der Waals surface area contributed by atoms with Crippen LogP contribution in [0.15, 0.2) is 48.8 Å². The Hall–Kier alpha value is -3.02. The summed E-state index contributed by atoms with van der Waals surface area (Å²) >= 11 is 0. The quantitative estimate of drug-likeness (QED) is 0.749. The van der Waals surface area contributed by atoms with Gasteiger partial charge in [-0.3, -0.25) is 4.40 Å². The summed E-state index contributed by atoms with van der Waals surface area (Å²) in [4.78, 5) is 16.0. The van der Waals surface area contributed by atoms with E-state index in [-0.39, 0.29) is 12.4 Å². The molecular formula is C16H14N2O4. The number of ether oxygens (including phenoxy) is 2. The summed E-state index contributed by atoms with van der Waals surface area (Å²) in [6.07, 6.45) is 3.42. The zero-order valence-corrected chi connectivity index (χ0v) is 11.9. The molecule has 6 nitrogen and oxygen atoms in total. The predicted molar refractivity (Wildman–Crippen MR) is 79.0 cm³/mol. The second kappa shape index (κ2) is 5.77. The van der Waals surface area contributed by atoms with E-state index < -0.39 is 5.97 Å². The van der Waals surface area contributed by atoms with Crippen LogP contribution in [-0.2, 0) is 11.3 Å². The third-order valence-electron chi connectivity index (χ3n) is 3.26. The van der Waals surface area contributed by atoms with E-state index in [4.69, 9.17) is 9.47 Å². The molecule has 0 aliphatic heterocycles. The summed E-state index contributed by atoms with van der Waals surface area (Å²) in [5, 5.41) is 9.69. The van der Waals surface area contributed by atoms with Gasteiger partial charge in [-0.1, -0.05) is 12.1 Å². The number of benzene rings is 1. The Balaban J connectivity index is 1.89. The highest BCUT2D eigenvalue weighted by molar-refractivity contribution is 5.95. The molecule has 0 atom stereocenters. The summed E-state index contributed by atoms with van der Waals surface area (Å²) in [6.45, 7) is 0.212. The molecule has 0 radical (unpaired) electrons. The number of esters is 1. The minimum Gasteiger partial charge on any atom is -0.504 e. The van der Waals surface area contributed by atoms with Crippen molar-refractivity contribution in [3.8, 4) is 11.5 Å². The largest absolute Gasteiger partial charge is 0.504 e. The SMILES string of the molecule is COC(=O)c1cccn2c(COc3ccccc3O)cnc12. The fourth-order valence-electron chi connectivity index (χ4n) is 2.17. The Labute approximate surface area is 126 Å². The molecule has 1 aromatic carbocycles. The Morgan fingerprint density at radius 1 is 1.27 bits per heavy atom. The Bertz CT molecular complexity index is 826. The highest BCUT2D eigenvalue weighted by Gasteiger charge is 2.14. The molecule has 3 aromatic rings. The normalized spacial score (nSPS) is 10.6. The number of aromatic hydroxyl groups is 1. The van der Waals surface area contributed by atoms with E-state index in [0.717, 1.165) is 5.69 Å². The molecule has 1 N–H and O–H groups in total. The first kappa shape index (κ1) is 13.9. The first-order chi connectivity index (χ1) is 10.7. The molecule has 0 unspecified atom stereocenters. The van der Waals surface area contributed by atoms with Crippen LogP contribution in [0, 0.1) is 0 Å². The van der Waals surface area contributed by atoms with Crippen LogP contribution in [-0.4, -0.2) is 27.6 Å². The first-order valence-corrected chi connectivity index (χ1v) is 6.65. The molecule has 0 fully saturated rings. The smallest absolute Gasteiger partial charge is 0.341 e. The van der Waals surface area contributed by atoms with Gasteiger partial charge in [0, 0.05) is 6.20 Å². The fourth-order valence-corrected chi connectivity index (χ4v) is 2.17. The molecule has 0 amide bonds. The van der Waals surface area contributed by atoms with Gasteiger partial charge < -0.3 is 14.6 Å². The van der Waals surface area contributed by atoms with Gasteiger partial charge in [0.25, 0.3) is 0 Å². The summed E-state index contributed by atoms with van der Waals surface area (Å²) in [6, 6.07) is 10.1. The topological polar surface area (TPSA) is 73.1 Å². The third kappa shape index (κ3) is 2.46. The van der Waals surface area contributed by atoms with Crippen molar-refractivity contribution < 1.29 is 19.4 Å². The number of methoxy groups -OCH3 is 1. The van der Waals surface area contributed by atoms with Gasteiger partial charge >= 0.3 is 5.97 Å². The number of carbonyl (C=O) groups is 1. The summed E-state index contributed by atoms with van der Waals surface area (Å²) in [7, 11) is 1.33. The lowest BCUT2D eigenvalue weighted by Gasteiger charge is -2.08. The van der Waals surface area contributed by atoms with Gasteiger partial charge in [0.15, 0.2) is 17.1 Å². The van der Waals surface area contributed by atoms with Crippen LogP contribution in [0.3, 0.4) is 0 Å². The van der Waals surface area contributed by atoms with Gasteiger partial charge in [0.05, 0.1) is 19.0 Å². The van der Waals surface area contributed by atoms with Crippen LogP contribution in [0.5, 0.6) is 11.5 Å². The number of imidazole rings is 1. The van der Waals surface area contributed by atoms with Crippen molar-refractivity contribution in [3.63, 3.8) is 0 Å². The van der Waals surface area contributed by atoms with Gasteiger partial charge in [-0.25, -0.2) is 9.78 Å². The fraction of sp³-hybridized carbons (Fsp3) is 0.125. The van der Waals surface area contributed by atoms with Crippen LogP contribution >= 0.6 is 0 Å². The van der Waals surface area contributed by atoms with Crippen molar-refractivity contribution in [2.45, 2.75) is 6.61 Å². The molecule has 2 heterocycles. The van der Waals surface area contributed by atoms with Gasteiger partial charge in [0.2, 0.25) is 0 Å². The molecule has 0 aliphatic rings. The number of pyridine rings is 1. The van der Waals surface area contributed by atoms with Crippen LogP contribution in [0.2, 0.25) is 0 Å². The number of para-hydroxylation sites is 2. The van der Waals surface area contributed by atoms with Crippen molar-refractivity contribution in [3.05, 3.63) is 60.0 Å². The number of rotatable bonds is 4. The lowest BCUT2D eigenvalue weighted by Crippen LogP contribution is -2.05. The van der Waals surface area contributed by atoms with Crippen molar-refractivity contribution >= 4 is 11.6 Å². The van der Waals surface area contributed by atoms with Crippen LogP contribution in [0.1, 0.15) is 16.1 Å². The van der Waals surface area contributed by atoms with E-state index in [1.54, 1.807) is 53.2 Å². The monoisotopic (exact) mass is 298 g/mol. The van der Waals surface area contributed by atoms with Crippen molar-refractivity contribution in [1.29, 1.82) is 0 Å². The van der Waals surface area contributed by atoms with E-state index in [9.17, 15) is 9.90 Å². The number of hydrogen-bond donors (Lipinski definition) is 1. The first-order valence-electron chi connectivity index (χ1n) is 6.65. The molecule has 0 saturated carbocycles. The van der Waals surface area contributed by atoms with Gasteiger partial charge in [-0.15, -0.1) is 0 Å². The van der Waals surface area contributed by atoms with Crippen molar-refractivity contribution in [2.75, 3.05) is 7.11 Å². The number of fused-ring (bicyclic) bond motifs is 1. The zero-order chi connectivity index (χ0) is 15.5. The third-order valence-corrected chi connectivity index (χ3v) is 3.26. The summed E-state index contributed by atoms with van der Waals surface area (Å²) in [5.41, 5.74) is 1.65. The van der Waals surface area contributed by atoms with E-state index in [1.165, 1.54) is 7.11 Å². The summed E-state index contributed by atoms with van der Waals surface area (Å²) < 4.78 is 12.1. The maximum Gasteiger partial charge on any atom is 0.341 e. The average molecular weight is 298 g/mol. The Morgan fingerprint density at radius 2 is 2.09 bits per heavy atom. The molecule has 2 aromatic heterocycles. The predicted octanol–water partition coefficient (Wildman–Crippen LogP) is 2.41. The van der Waals surface area contributed by atoms with E-state index >= 15 is 0 Å². The average Bonchev–Trinajstić information content (AvgIpc) is 2.96. The molecule has 112 valence electrons. The Kier molecular flexibility index (Phi) is 3.65. The number of carbonyl (C=O) groups excluding carboxylic acids is 1. The minimum absolute atomic E-state index is 0.0755. The molecule has 6 heteroatoms.